The van der Waals surface area contributed by atoms with Crippen molar-refractivity contribution < 1.29 is 33.4 Å². The molecule has 0 spiro atoms. The van der Waals surface area contributed by atoms with Gasteiger partial charge in [0, 0.05) is 5.56 Å². The quantitative estimate of drug-likeness (QED) is 0.829. The van der Waals surface area contributed by atoms with Crippen molar-refractivity contribution in [1.82, 2.24) is 0 Å². The van der Waals surface area contributed by atoms with Crippen LogP contribution in [0.15, 0.2) is 48.5 Å². The zero-order chi connectivity index (χ0) is 19.8. The maximum Gasteiger partial charge on any atom is 0.348 e. The highest BCUT2D eigenvalue weighted by Gasteiger charge is 2.58. The molecule has 27 heavy (non-hydrogen) atoms. The van der Waals surface area contributed by atoms with Gasteiger partial charge in [-0.3, -0.25) is 0 Å². The fraction of sp³-hybridized carbons (Fsp3) is 0.250. The first-order valence-electron chi connectivity index (χ1n) is 8.22. The van der Waals surface area contributed by atoms with Crippen molar-refractivity contribution in [3.63, 3.8) is 0 Å². The summed E-state index contributed by atoms with van der Waals surface area (Å²) in [5.74, 6) is -3.14. The van der Waals surface area contributed by atoms with E-state index in [4.69, 9.17) is 9.47 Å². The molecule has 0 radical (unpaired) electrons. The summed E-state index contributed by atoms with van der Waals surface area (Å²) in [6.07, 6.45) is -2.81. The molecule has 1 saturated heterocycles. The van der Waals surface area contributed by atoms with Gasteiger partial charge in [0.25, 0.3) is 0 Å². The highest BCUT2D eigenvalue weighted by Crippen LogP contribution is 2.42. The lowest BCUT2D eigenvalue weighted by atomic mass is 9.91. The molecule has 2 aromatic rings. The average molecular weight is 372 g/mol. The Morgan fingerprint density at radius 1 is 1.15 bits per heavy atom. The fourth-order valence-electron chi connectivity index (χ4n) is 3.04. The van der Waals surface area contributed by atoms with E-state index < -0.39 is 35.8 Å². The van der Waals surface area contributed by atoms with Crippen LogP contribution in [0.4, 0.5) is 4.39 Å². The molecule has 0 saturated carbocycles. The molecule has 1 heterocycles. The van der Waals surface area contributed by atoms with Gasteiger partial charge in [0.15, 0.2) is 12.2 Å². The Morgan fingerprint density at radius 2 is 1.81 bits per heavy atom. The van der Waals surface area contributed by atoms with Gasteiger partial charge in [0.05, 0.1) is 11.1 Å². The van der Waals surface area contributed by atoms with Gasteiger partial charge in [-0.25, -0.2) is 18.8 Å². The van der Waals surface area contributed by atoms with E-state index in [1.54, 1.807) is 18.2 Å². The van der Waals surface area contributed by atoms with Crippen molar-refractivity contribution >= 4 is 17.9 Å². The largest absolute Gasteiger partial charge is 0.478 e. The summed E-state index contributed by atoms with van der Waals surface area (Å²) in [6.45, 7) is 2.51. The molecule has 2 aromatic carbocycles. The number of esters is 2. The highest BCUT2D eigenvalue weighted by atomic mass is 19.1. The second kappa shape index (κ2) is 6.83. The number of aromatic carboxylic acids is 1. The molecule has 0 unspecified atom stereocenters. The van der Waals surface area contributed by atoms with Crippen molar-refractivity contribution in [3.8, 4) is 0 Å². The molecule has 0 amide bonds. The maximum atomic E-state index is 15.0. The van der Waals surface area contributed by atoms with Crippen LogP contribution in [0, 0.1) is 6.92 Å². The Bertz CT molecular complexity index is 906. The van der Waals surface area contributed by atoms with Crippen LogP contribution in [0.3, 0.4) is 0 Å². The van der Waals surface area contributed by atoms with Crippen LogP contribution in [0.2, 0.25) is 0 Å². The predicted octanol–water partition coefficient (Wildman–Crippen LogP) is 3.24. The molecule has 140 valence electrons. The zero-order valence-corrected chi connectivity index (χ0v) is 14.6. The van der Waals surface area contributed by atoms with Gasteiger partial charge in [0.1, 0.15) is 0 Å². The lowest BCUT2D eigenvalue weighted by Crippen LogP contribution is -2.40. The number of hydrogen-bond acceptors (Lipinski definition) is 5. The SMILES string of the molecule is Cc1c(C(=O)O)cccc1[C@@H]1OC(=O)[C@@](C)(F)[C@H]1OC(=O)c1ccccc1. The van der Waals surface area contributed by atoms with Gasteiger partial charge < -0.3 is 14.6 Å². The Morgan fingerprint density at radius 3 is 2.44 bits per heavy atom. The molecule has 3 rings (SSSR count). The normalized spacial score (nSPS) is 24.3. The second-order valence-electron chi connectivity index (χ2n) is 6.42. The first-order valence-corrected chi connectivity index (χ1v) is 8.22. The van der Waals surface area contributed by atoms with Gasteiger partial charge >= 0.3 is 17.9 Å². The number of rotatable bonds is 4. The predicted molar refractivity (Wildman–Crippen MR) is 92.1 cm³/mol. The van der Waals surface area contributed by atoms with Gasteiger partial charge in [-0.1, -0.05) is 30.3 Å². The molecule has 0 bridgehead atoms. The Hall–Kier alpha value is -3.22. The third-order valence-electron chi connectivity index (χ3n) is 4.60. The van der Waals surface area contributed by atoms with Gasteiger partial charge in [-0.15, -0.1) is 0 Å². The van der Waals surface area contributed by atoms with Crippen LogP contribution in [0.25, 0.3) is 0 Å². The molecule has 3 atom stereocenters. The molecule has 0 aliphatic carbocycles. The van der Waals surface area contributed by atoms with Gasteiger partial charge in [-0.2, -0.15) is 0 Å². The van der Waals surface area contributed by atoms with Crippen LogP contribution >= 0.6 is 0 Å². The van der Waals surface area contributed by atoms with Crippen molar-refractivity contribution in [2.45, 2.75) is 31.7 Å². The van der Waals surface area contributed by atoms with Crippen molar-refractivity contribution in [2.75, 3.05) is 0 Å². The Balaban J connectivity index is 1.99. The molecule has 1 fully saturated rings. The van der Waals surface area contributed by atoms with E-state index in [-0.39, 0.29) is 16.7 Å². The lowest BCUT2D eigenvalue weighted by molar-refractivity contribution is -0.149. The Kier molecular flexibility index (Phi) is 4.70. The summed E-state index contributed by atoms with van der Waals surface area (Å²) in [6, 6.07) is 12.3. The minimum absolute atomic E-state index is 0.0100. The average Bonchev–Trinajstić information content (AvgIpc) is 2.85. The van der Waals surface area contributed by atoms with E-state index >= 15 is 4.39 Å². The van der Waals surface area contributed by atoms with Crippen LogP contribution in [-0.2, 0) is 14.3 Å². The summed E-state index contributed by atoms with van der Waals surface area (Å²) in [7, 11) is 0. The molecule has 1 aliphatic heterocycles. The second-order valence-corrected chi connectivity index (χ2v) is 6.42. The van der Waals surface area contributed by atoms with Crippen molar-refractivity contribution in [2.24, 2.45) is 0 Å². The molecular weight excluding hydrogens is 355 g/mol. The first-order chi connectivity index (χ1) is 12.7. The van der Waals surface area contributed by atoms with Crippen LogP contribution in [0.5, 0.6) is 0 Å². The number of benzene rings is 2. The standard InChI is InChI=1S/C20H17FO6/c1-11-13(9-6-10-14(11)17(22)23)15-16(20(2,21)19(25)26-15)27-18(24)12-7-4-3-5-8-12/h3-10,15-16H,1-2H3,(H,22,23)/t15-,16-,20-/m0/s1. The molecule has 1 aliphatic rings. The summed E-state index contributed by atoms with van der Waals surface area (Å²) in [4.78, 5) is 35.8. The van der Waals surface area contributed by atoms with Crippen LogP contribution in [0.1, 0.15) is 44.9 Å². The van der Waals surface area contributed by atoms with Crippen molar-refractivity contribution in [1.29, 1.82) is 0 Å². The number of carboxylic acids is 1. The number of carboxylic acid groups (broad SMARTS) is 1. The molecular formula is C20H17FO6. The maximum absolute atomic E-state index is 15.0. The number of hydrogen-bond donors (Lipinski definition) is 1. The van der Waals surface area contributed by atoms with Crippen LogP contribution in [-0.4, -0.2) is 34.8 Å². The summed E-state index contributed by atoms with van der Waals surface area (Å²) in [5, 5.41) is 9.28. The van der Waals surface area contributed by atoms with Crippen molar-refractivity contribution in [3.05, 3.63) is 70.8 Å². The van der Waals surface area contributed by atoms with Gasteiger partial charge in [0.2, 0.25) is 5.67 Å². The lowest BCUT2D eigenvalue weighted by Gasteiger charge is -2.24. The Labute approximate surface area is 154 Å². The van der Waals surface area contributed by atoms with E-state index in [2.05, 4.69) is 0 Å². The van der Waals surface area contributed by atoms with Gasteiger partial charge in [-0.05, 0) is 37.6 Å². The number of carbonyl (C=O) groups excluding carboxylic acids is 2. The van der Waals surface area contributed by atoms with E-state index in [1.165, 1.54) is 37.3 Å². The van der Waals surface area contributed by atoms with E-state index in [1.807, 2.05) is 0 Å². The summed E-state index contributed by atoms with van der Waals surface area (Å²) < 4.78 is 25.4. The van der Waals surface area contributed by atoms with E-state index in [0.717, 1.165) is 6.92 Å². The van der Waals surface area contributed by atoms with E-state index in [9.17, 15) is 19.5 Å². The first kappa shape index (κ1) is 18.6. The topological polar surface area (TPSA) is 89.9 Å². The number of alkyl halides is 1. The third kappa shape index (κ3) is 3.28. The molecule has 6 nitrogen and oxygen atoms in total. The third-order valence-corrected chi connectivity index (χ3v) is 4.60. The fourth-order valence-corrected chi connectivity index (χ4v) is 3.04. The number of halogens is 1. The monoisotopic (exact) mass is 372 g/mol. The number of ether oxygens (including phenoxy) is 2. The highest BCUT2D eigenvalue weighted by molar-refractivity contribution is 5.91. The minimum atomic E-state index is -2.57. The number of carbonyl (C=O) groups is 3. The van der Waals surface area contributed by atoms with Crippen LogP contribution < -0.4 is 0 Å². The number of cyclic esters (lactones) is 1. The smallest absolute Gasteiger partial charge is 0.348 e. The minimum Gasteiger partial charge on any atom is -0.478 e. The van der Waals surface area contributed by atoms with E-state index in [0.29, 0.717) is 5.56 Å². The summed E-state index contributed by atoms with van der Waals surface area (Å²) in [5.41, 5.74) is -1.80. The zero-order valence-electron chi connectivity index (χ0n) is 14.6. The molecule has 1 N–H and O–H groups in total. The molecule has 7 heteroatoms. The molecule has 0 aromatic heterocycles. The summed E-state index contributed by atoms with van der Waals surface area (Å²) >= 11 is 0.